The number of rotatable bonds is 5. The van der Waals surface area contributed by atoms with Gasteiger partial charge in [0.2, 0.25) is 10.0 Å². The van der Waals surface area contributed by atoms with Gasteiger partial charge in [-0.1, -0.05) is 49.4 Å². The molecule has 3 rings (SSSR count). The first kappa shape index (κ1) is 17.1. The van der Waals surface area contributed by atoms with E-state index in [1.54, 1.807) is 18.2 Å². The number of likely N-dealkylation sites (tertiary alicyclic amines) is 1. The van der Waals surface area contributed by atoms with Crippen LogP contribution in [0.3, 0.4) is 0 Å². The second-order valence-electron chi connectivity index (χ2n) is 6.45. The molecule has 4 nitrogen and oxygen atoms in total. The van der Waals surface area contributed by atoms with Gasteiger partial charge in [0.05, 0.1) is 4.90 Å². The molecule has 1 atom stereocenters. The molecule has 1 aliphatic rings. The summed E-state index contributed by atoms with van der Waals surface area (Å²) in [6.07, 6.45) is 2.38. The minimum Gasteiger partial charge on any atom is -0.303 e. The van der Waals surface area contributed by atoms with Crippen LogP contribution in [-0.4, -0.2) is 33.0 Å². The lowest BCUT2D eigenvalue weighted by Crippen LogP contribution is -2.20. The summed E-state index contributed by atoms with van der Waals surface area (Å²) in [7, 11) is -3.73. The van der Waals surface area contributed by atoms with Crippen LogP contribution >= 0.6 is 0 Å². The summed E-state index contributed by atoms with van der Waals surface area (Å²) in [6, 6.07) is 15.1. The Bertz CT molecular complexity index is 800. The Kier molecular flexibility index (Phi) is 5.04. The highest BCUT2D eigenvalue weighted by Gasteiger charge is 2.23. The topological polar surface area (TPSA) is 63.4 Å². The maximum absolute atomic E-state index is 11.8. The maximum atomic E-state index is 11.8. The first-order valence-electron chi connectivity index (χ1n) is 8.43. The molecule has 0 unspecified atom stereocenters. The Hall–Kier alpha value is -1.69. The molecule has 1 saturated heterocycles. The van der Waals surface area contributed by atoms with E-state index in [4.69, 9.17) is 5.14 Å². The molecule has 1 heterocycles. The lowest BCUT2D eigenvalue weighted by Gasteiger charge is -2.15. The van der Waals surface area contributed by atoms with Gasteiger partial charge in [-0.3, -0.25) is 0 Å². The maximum Gasteiger partial charge on any atom is 0.238 e. The zero-order chi connectivity index (χ0) is 17.2. The molecule has 0 bridgehead atoms. The second kappa shape index (κ2) is 7.05. The second-order valence-corrected chi connectivity index (χ2v) is 7.98. The van der Waals surface area contributed by atoms with Crippen LogP contribution in [0.4, 0.5) is 0 Å². The highest BCUT2D eigenvalue weighted by molar-refractivity contribution is 7.89. The molecule has 0 aliphatic carbocycles. The van der Waals surface area contributed by atoms with Gasteiger partial charge in [0, 0.05) is 12.1 Å². The van der Waals surface area contributed by atoms with Crippen LogP contribution in [0.25, 0.3) is 11.1 Å². The third-order valence-electron chi connectivity index (χ3n) is 4.70. The molecule has 2 aromatic rings. The van der Waals surface area contributed by atoms with Gasteiger partial charge in [0.25, 0.3) is 0 Å². The van der Waals surface area contributed by atoms with E-state index in [0.29, 0.717) is 11.5 Å². The van der Waals surface area contributed by atoms with Gasteiger partial charge in [0.15, 0.2) is 0 Å². The third-order valence-corrected chi connectivity index (χ3v) is 5.67. The molecule has 0 amide bonds. The largest absolute Gasteiger partial charge is 0.303 e. The molecule has 1 aliphatic heterocycles. The molecule has 0 saturated carbocycles. The predicted octanol–water partition coefficient (Wildman–Crippen LogP) is 3.20. The van der Waals surface area contributed by atoms with Crippen molar-refractivity contribution in [3.63, 3.8) is 0 Å². The minimum atomic E-state index is -3.73. The van der Waals surface area contributed by atoms with E-state index >= 15 is 0 Å². The Morgan fingerprint density at radius 1 is 1.12 bits per heavy atom. The van der Waals surface area contributed by atoms with E-state index in [2.05, 4.69) is 24.0 Å². The van der Waals surface area contributed by atoms with E-state index in [-0.39, 0.29) is 4.90 Å². The Balaban J connectivity index is 1.84. The number of hydrogen-bond donors (Lipinski definition) is 1. The molecule has 128 valence electrons. The van der Waals surface area contributed by atoms with Crippen LogP contribution in [0.2, 0.25) is 0 Å². The molecule has 0 spiro atoms. The van der Waals surface area contributed by atoms with Gasteiger partial charge in [-0.25, -0.2) is 13.6 Å². The number of hydrogen-bond acceptors (Lipinski definition) is 3. The Morgan fingerprint density at radius 2 is 1.83 bits per heavy atom. The smallest absolute Gasteiger partial charge is 0.238 e. The summed E-state index contributed by atoms with van der Waals surface area (Å²) in [4.78, 5) is 2.68. The number of sulfonamides is 1. The summed E-state index contributed by atoms with van der Waals surface area (Å²) >= 11 is 0. The SMILES string of the molecule is CCCN1CC[C@@H](c2ccc(-c3ccccc3S(N)(=O)=O)cc2)C1. The van der Waals surface area contributed by atoms with Crippen molar-refractivity contribution in [1.29, 1.82) is 0 Å². The van der Waals surface area contributed by atoms with Crippen molar-refractivity contribution in [2.45, 2.75) is 30.6 Å². The van der Waals surface area contributed by atoms with Gasteiger partial charge >= 0.3 is 0 Å². The normalized spacial score (nSPS) is 18.8. The summed E-state index contributed by atoms with van der Waals surface area (Å²) in [5.41, 5.74) is 2.86. The van der Waals surface area contributed by atoms with Gasteiger partial charge in [-0.05, 0) is 49.0 Å². The van der Waals surface area contributed by atoms with Crippen LogP contribution in [0.15, 0.2) is 53.4 Å². The van der Waals surface area contributed by atoms with E-state index in [1.807, 2.05) is 18.2 Å². The molecular weight excluding hydrogens is 320 g/mol. The van der Waals surface area contributed by atoms with Crippen LogP contribution in [0, 0.1) is 0 Å². The van der Waals surface area contributed by atoms with Crippen LogP contribution in [-0.2, 0) is 10.0 Å². The van der Waals surface area contributed by atoms with Crippen molar-refractivity contribution in [3.8, 4) is 11.1 Å². The van der Waals surface area contributed by atoms with Gasteiger partial charge in [-0.2, -0.15) is 0 Å². The fourth-order valence-electron chi connectivity index (χ4n) is 3.51. The van der Waals surface area contributed by atoms with Crippen LogP contribution in [0.5, 0.6) is 0 Å². The zero-order valence-corrected chi connectivity index (χ0v) is 14.8. The van der Waals surface area contributed by atoms with Gasteiger partial charge < -0.3 is 4.90 Å². The number of nitrogens with two attached hydrogens (primary N) is 1. The van der Waals surface area contributed by atoms with Crippen LogP contribution in [0.1, 0.15) is 31.2 Å². The minimum absolute atomic E-state index is 0.174. The average molecular weight is 344 g/mol. The predicted molar refractivity (Wildman–Crippen MR) is 97.3 cm³/mol. The molecule has 24 heavy (non-hydrogen) atoms. The average Bonchev–Trinajstić information content (AvgIpc) is 3.03. The molecule has 1 fully saturated rings. The zero-order valence-electron chi connectivity index (χ0n) is 14.0. The Labute approximate surface area is 144 Å². The molecule has 0 radical (unpaired) electrons. The van der Waals surface area contributed by atoms with Crippen molar-refractivity contribution in [2.75, 3.05) is 19.6 Å². The van der Waals surface area contributed by atoms with Crippen LogP contribution < -0.4 is 5.14 Å². The molecule has 2 N–H and O–H groups in total. The molecule has 2 aromatic carbocycles. The molecule has 5 heteroatoms. The van der Waals surface area contributed by atoms with E-state index < -0.39 is 10.0 Å². The summed E-state index contributed by atoms with van der Waals surface area (Å²) in [5.74, 6) is 0.569. The number of primary sulfonamides is 1. The van der Waals surface area contributed by atoms with E-state index in [9.17, 15) is 8.42 Å². The molecule has 0 aromatic heterocycles. The monoisotopic (exact) mass is 344 g/mol. The lowest BCUT2D eigenvalue weighted by atomic mass is 9.95. The van der Waals surface area contributed by atoms with E-state index in [1.165, 1.54) is 18.4 Å². The lowest BCUT2D eigenvalue weighted by molar-refractivity contribution is 0.335. The summed E-state index contributed by atoms with van der Waals surface area (Å²) < 4.78 is 23.5. The summed E-state index contributed by atoms with van der Waals surface area (Å²) in [5, 5.41) is 5.33. The summed E-state index contributed by atoms with van der Waals surface area (Å²) in [6.45, 7) is 5.65. The number of nitrogens with zero attached hydrogens (tertiary/aromatic N) is 1. The first-order chi connectivity index (χ1) is 11.5. The Morgan fingerprint density at radius 3 is 2.50 bits per heavy atom. The van der Waals surface area contributed by atoms with Crippen molar-refractivity contribution in [2.24, 2.45) is 5.14 Å². The van der Waals surface area contributed by atoms with Crippen molar-refractivity contribution in [3.05, 3.63) is 54.1 Å². The van der Waals surface area contributed by atoms with E-state index in [0.717, 1.165) is 25.2 Å². The third kappa shape index (κ3) is 3.69. The quantitative estimate of drug-likeness (QED) is 0.906. The fraction of sp³-hybridized carbons (Fsp3) is 0.368. The number of benzene rings is 2. The van der Waals surface area contributed by atoms with Crippen molar-refractivity contribution in [1.82, 2.24) is 4.90 Å². The fourth-order valence-corrected chi connectivity index (χ4v) is 4.27. The highest BCUT2D eigenvalue weighted by atomic mass is 32.2. The highest BCUT2D eigenvalue weighted by Crippen LogP contribution is 2.31. The van der Waals surface area contributed by atoms with Gasteiger partial charge in [-0.15, -0.1) is 0 Å². The first-order valence-corrected chi connectivity index (χ1v) is 9.98. The molecular formula is C19H24N2O2S. The standard InChI is InChI=1S/C19H24N2O2S/c1-2-12-21-13-11-17(14-21)15-7-9-16(10-8-15)18-5-3-4-6-19(18)24(20,22)23/h3-10,17H,2,11-14H2,1H3,(H2,20,22,23)/t17-/m1/s1. The van der Waals surface area contributed by atoms with Crippen molar-refractivity contribution >= 4 is 10.0 Å². The van der Waals surface area contributed by atoms with Gasteiger partial charge in [0.1, 0.15) is 0 Å². The van der Waals surface area contributed by atoms with Crippen molar-refractivity contribution < 1.29 is 8.42 Å².